The Morgan fingerprint density at radius 2 is 2.13 bits per heavy atom. The fourth-order valence-corrected chi connectivity index (χ4v) is 3.55. The van der Waals surface area contributed by atoms with Gasteiger partial charge in [0.25, 0.3) is 0 Å². The van der Waals surface area contributed by atoms with Gasteiger partial charge in [0.1, 0.15) is 18.0 Å². The van der Waals surface area contributed by atoms with Crippen LogP contribution in [0.1, 0.15) is 30.8 Å². The van der Waals surface area contributed by atoms with Crippen molar-refractivity contribution in [1.29, 1.82) is 0 Å². The van der Waals surface area contributed by atoms with Crippen molar-refractivity contribution < 1.29 is 19.4 Å². The van der Waals surface area contributed by atoms with E-state index in [1.165, 1.54) is 15.7 Å². The topological polar surface area (TPSA) is 162 Å². The van der Waals surface area contributed by atoms with E-state index in [2.05, 4.69) is 35.7 Å². The maximum absolute atomic E-state index is 10.6. The lowest BCUT2D eigenvalue weighted by Gasteiger charge is -2.16. The van der Waals surface area contributed by atoms with Gasteiger partial charge in [0, 0.05) is 0 Å². The molecular weight excluding hydrogens is 430 g/mol. The molecule has 0 saturated carbocycles. The molecule has 5 rings (SSSR count). The molecule has 4 aromatic heterocycles. The molecule has 3 N–H and O–H groups in total. The van der Waals surface area contributed by atoms with Crippen LogP contribution in [-0.4, -0.2) is 62.1 Å². The van der Waals surface area contributed by atoms with E-state index in [-0.39, 0.29) is 11.1 Å². The smallest absolute Gasteiger partial charge is 0.226 e. The highest BCUT2D eigenvalue weighted by Crippen LogP contribution is 2.39. The van der Waals surface area contributed by atoms with Crippen LogP contribution in [0.15, 0.2) is 29.1 Å². The van der Waals surface area contributed by atoms with Gasteiger partial charge >= 0.3 is 0 Å². The van der Waals surface area contributed by atoms with Crippen LogP contribution in [-0.2, 0) is 17.8 Å². The highest BCUT2D eigenvalue weighted by molar-refractivity contribution is 6.28. The molecule has 14 heteroatoms. The molecule has 4 atom stereocenters. The minimum atomic E-state index is -1.29. The normalized spacial score (nSPS) is 23.6. The Hall–Kier alpha value is -3.13. The van der Waals surface area contributed by atoms with Crippen molar-refractivity contribution in [3.63, 3.8) is 0 Å². The zero-order valence-electron chi connectivity index (χ0n) is 16.2. The number of rotatable bonds is 6. The van der Waals surface area contributed by atoms with Crippen molar-refractivity contribution in [2.24, 2.45) is 0 Å². The number of ether oxygens (including phenoxy) is 1. The number of nitrogens with one attached hydrogen (secondary N) is 1. The van der Waals surface area contributed by atoms with Crippen LogP contribution < -0.4 is 5.32 Å². The Labute approximate surface area is 179 Å². The molecule has 0 aromatic carbocycles. The fourth-order valence-electron chi connectivity index (χ4n) is 3.39. The lowest BCUT2D eigenvalue weighted by Crippen LogP contribution is -2.29. The number of imidazole rings is 1. The van der Waals surface area contributed by atoms with Gasteiger partial charge in [-0.2, -0.15) is 14.8 Å². The summed E-state index contributed by atoms with van der Waals surface area (Å²) in [5.74, 6) is 1.27. The number of halogens is 1. The second kappa shape index (κ2) is 7.85. The summed E-state index contributed by atoms with van der Waals surface area (Å²) >= 11 is 6.12. The maximum Gasteiger partial charge on any atom is 0.226 e. The molecule has 0 bridgehead atoms. The largest absolute Gasteiger partial charge is 0.467 e. The van der Waals surface area contributed by atoms with Crippen molar-refractivity contribution in [3.8, 4) is 0 Å². The first kappa shape index (κ1) is 19.8. The molecule has 0 unspecified atom stereocenters. The summed E-state index contributed by atoms with van der Waals surface area (Å²) in [5, 5.41) is 36.2. The van der Waals surface area contributed by atoms with Gasteiger partial charge < -0.3 is 24.7 Å². The molecule has 4 aromatic rings. The Bertz CT molecular complexity index is 1190. The van der Waals surface area contributed by atoms with E-state index in [1.54, 1.807) is 12.3 Å². The summed E-state index contributed by atoms with van der Waals surface area (Å²) in [6, 6.07) is 3.60. The Morgan fingerprint density at radius 1 is 1.26 bits per heavy atom. The van der Waals surface area contributed by atoms with Crippen LogP contribution in [0, 0.1) is 0 Å². The van der Waals surface area contributed by atoms with Crippen molar-refractivity contribution in [1.82, 2.24) is 39.7 Å². The summed E-state index contributed by atoms with van der Waals surface area (Å²) in [6.07, 6.45) is -1.51. The van der Waals surface area contributed by atoms with Gasteiger partial charge in [-0.3, -0.25) is 4.57 Å². The van der Waals surface area contributed by atoms with Gasteiger partial charge in [-0.05, 0) is 35.9 Å². The highest BCUT2D eigenvalue weighted by atomic mass is 35.5. The number of anilines is 1. The number of furan rings is 1. The molecule has 0 amide bonds. The van der Waals surface area contributed by atoms with Crippen molar-refractivity contribution in [2.45, 2.75) is 44.6 Å². The number of aryl methyl sites for hydroxylation is 1. The van der Waals surface area contributed by atoms with Gasteiger partial charge in [0.15, 0.2) is 29.3 Å². The highest BCUT2D eigenvalue weighted by Gasteiger charge is 2.47. The molecule has 13 nitrogen and oxygen atoms in total. The third-order valence-electron chi connectivity index (χ3n) is 4.92. The molecule has 1 fully saturated rings. The third kappa shape index (κ3) is 3.50. The number of aliphatic hydroxyl groups is 2. The van der Waals surface area contributed by atoms with E-state index in [1.807, 2.05) is 13.0 Å². The number of hydrogen-bond acceptors (Lipinski definition) is 11. The number of hydrogen-bond donors (Lipinski definition) is 3. The zero-order chi connectivity index (χ0) is 21.5. The van der Waals surface area contributed by atoms with Crippen LogP contribution in [0.3, 0.4) is 0 Å². The molecule has 31 heavy (non-hydrogen) atoms. The first-order valence-electron chi connectivity index (χ1n) is 9.50. The first-order chi connectivity index (χ1) is 15.0. The maximum atomic E-state index is 10.6. The van der Waals surface area contributed by atoms with Crippen molar-refractivity contribution in [2.75, 3.05) is 5.32 Å². The number of nitrogens with zero attached hydrogens (tertiary/aromatic N) is 8. The van der Waals surface area contributed by atoms with E-state index in [0.717, 1.165) is 0 Å². The number of fused-ring (bicyclic) bond motifs is 1. The molecule has 0 aliphatic carbocycles. The molecule has 5 heterocycles. The molecular formula is C17H18ClN9O4. The minimum Gasteiger partial charge on any atom is -0.467 e. The lowest BCUT2D eigenvalue weighted by atomic mass is 10.1. The van der Waals surface area contributed by atoms with Gasteiger partial charge in [-0.25, -0.2) is 4.98 Å². The average Bonchev–Trinajstić information content (AvgIpc) is 3.55. The summed E-state index contributed by atoms with van der Waals surface area (Å²) in [7, 11) is 0. The number of tetrazole rings is 1. The SMILES string of the molecule is CCn1nnc([C@H]2O[C@@H](n3cnc4c(NCc5ccco5)nc(Cl)nc43)[C@H](O)[C@@H]2O)n1. The quantitative estimate of drug-likeness (QED) is 0.356. The number of aromatic nitrogens is 8. The van der Waals surface area contributed by atoms with E-state index in [4.69, 9.17) is 20.8 Å². The monoisotopic (exact) mass is 447 g/mol. The van der Waals surface area contributed by atoms with E-state index < -0.39 is 24.5 Å². The lowest BCUT2D eigenvalue weighted by molar-refractivity contribution is -0.0384. The van der Waals surface area contributed by atoms with Crippen LogP contribution in [0.2, 0.25) is 5.28 Å². The molecule has 162 valence electrons. The average molecular weight is 448 g/mol. The van der Waals surface area contributed by atoms with Crippen LogP contribution in [0.5, 0.6) is 0 Å². The van der Waals surface area contributed by atoms with Gasteiger partial charge in [-0.15, -0.1) is 10.2 Å². The van der Waals surface area contributed by atoms with Gasteiger partial charge in [0.2, 0.25) is 11.1 Å². The Kier molecular flexibility index (Phi) is 5.02. The molecule has 1 aliphatic rings. The Morgan fingerprint density at radius 3 is 2.87 bits per heavy atom. The minimum absolute atomic E-state index is 0.0201. The summed E-state index contributed by atoms with van der Waals surface area (Å²) in [5.41, 5.74) is 0.740. The molecule has 0 spiro atoms. The van der Waals surface area contributed by atoms with Crippen molar-refractivity contribution >= 4 is 28.6 Å². The summed E-state index contributed by atoms with van der Waals surface area (Å²) in [6.45, 7) is 2.73. The van der Waals surface area contributed by atoms with E-state index >= 15 is 0 Å². The van der Waals surface area contributed by atoms with E-state index in [0.29, 0.717) is 35.8 Å². The molecule has 1 aliphatic heterocycles. The van der Waals surface area contributed by atoms with Gasteiger partial charge in [0.05, 0.1) is 25.7 Å². The van der Waals surface area contributed by atoms with Crippen LogP contribution >= 0.6 is 11.6 Å². The van der Waals surface area contributed by atoms with Gasteiger partial charge in [-0.1, -0.05) is 0 Å². The zero-order valence-corrected chi connectivity index (χ0v) is 17.0. The fraction of sp³-hybridized carbons (Fsp3) is 0.412. The van der Waals surface area contributed by atoms with Crippen molar-refractivity contribution in [3.05, 3.63) is 41.6 Å². The predicted octanol–water partition coefficient (Wildman–Crippen LogP) is 0.683. The predicted molar refractivity (Wildman–Crippen MR) is 105 cm³/mol. The van der Waals surface area contributed by atoms with Crippen LogP contribution in [0.4, 0.5) is 5.82 Å². The summed E-state index contributed by atoms with van der Waals surface area (Å²) < 4.78 is 12.7. The summed E-state index contributed by atoms with van der Waals surface area (Å²) in [4.78, 5) is 14.1. The molecule has 1 saturated heterocycles. The first-order valence-corrected chi connectivity index (χ1v) is 9.88. The van der Waals surface area contributed by atoms with E-state index in [9.17, 15) is 10.2 Å². The standard InChI is InChI=1S/C17H18ClN9O4/c1-2-27-24-14(23-25-27)12-10(28)11(29)16(31-12)26-7-20-9-13(21-17(18)22-15(9)26)19-6-8-4-3-5-30-8/h3-5,7,10-12,16,28-29H,2,6H2,1H3,(H,19,21,22)/t10-,11+,12-,16+/m0/s1. The second-order valence-electron chi connectivity index (χ2n) is 6.86. The Balaban J connectivity index is 1.45. The molecule has 0 radical (unpaired) electrons. The second-order valence-corrected chi connectivity index (χ2v) is 7.20. The third-order valence-corrected chi connectivity index (χ3v) is 5.09. The van der Waals surface area contributed by atoms with Crippen LogP contribution in [0.25, 0.3) is 11.2 Å². The number of aliphatic hydroxyl groups excluding tert-OH is 2.